The molecule has 0 fully saturated rings. The summed E-state index contributed by atoms with van der Waals surface area (Å²) in [6, 6.07) is 0. The molecule has 0 aromatic rings. The first kappa shape index (κ1) is 90.6. The Morgan fingerprint density at radius 2 is 0.557 bits per heavy atom. The Labute approximate surface area is 594 Å². The predicted molar refractivity (Wildman–Crippen MR) is 416 cm³/mol. The van der Waals surface area contributed by atoms with Gasteiger partial charge in [0.2, 0.25) is 0 Å². The fraction of sp³-hybridized carbons (Fsp3) is 0.557. The summed E-state index contributed by atoms with van der Waals surface area (Å²) in [5, 5.41) is 11.9. The van der Waals surface area contributed by atoms with Gasteiger partial charge in [0.05, 0.1) is 40.3 Å². The number of nitrogens with zero attached hydrogens (tertiary/aromatic N) is 1. The number of quaternary nitrogens is 1. The van der Waals surface area contributed by atoms with E-state index in [9.17, 15) is 19.5 Å². The zero-order valence-electron chi connectivity index (χ0n) is 61.9. The molecule has 0 aromatic heterocycles. The third kappa shape index (κ3) is 76.8. The number of allylic oxidation sites excluding steroid dienone is 36. The van der Waals surface area contributed by atoms with Gasteiger partial charge in [-0.3, -0.25) is 9.59 Å². The van der Waals surface area contributed by atoms with Gasteiger partial charge in [-0.05, 0) is 154 Å². The highest BCUT2D eigenvalue weighted by molar-refractivity contribution is 5.70. The number of esters is 2. The van der Waals surface area contributed by atoms with Crippen molar-refractivity contribution >= 4 is 17.9 Å². The Bertz CT molecular complexity index is 2400. The first-order valence-electron chi connectivity index (χ1n) is 37.9. The van der Waals surface area contributed by atoms with Crippen LogP contribution in [0.25, 0.3) is 0 Å². The SMILES string of the molecule is CC/C=C\C/C=C\C/C=C\C/C=C\C/C=C\C/C=C\C/C=C\C/C=C\C/C=C\C/C=C\CCCCCCC(=O)OC(COC(=O)CCCCCCCCCCCCCC/C=C\C/C=C\C/C=C\C/C=C\C/C=C\C/C=C\C/C=C\C/C=C\CC)COC(OCC[N+](C)(C)C)C(=O)[O-]. The number of unbranched alkanes of at least 4 members (excludes halogenated alkanes) is 16. The fourth-order valence-electron chi connectivity index (χ4n) is 9.52. The van der Waals surface area contributed by atoms with Gasteiger partial charge in [-0.1, -0.05) is 310 Å². The van der Waals surface area contributed by atoms with Crippen molar-refractivity contribution in [1.82, 2.24) is 0 Å². The van der Waals surface area contributed by atoms with Gasteiger partial charge in [-0.15, -0.1) is 0 Å². The number of rotatable bonds is 67. The molecule has 0 saturated carbocycles. The maximum absolute atomic E-state index is 13.0. The summed E-state index contributed by atoms with van der Waals surface area (Å²) in [5.41, 5.74) is 0. The van der Waals surface area contributed by atoms with E-state index >= 15 is 0 Å². The molecule has 0 saturated heterocycles. The monoisotopic (exact) mass is 1340 g/mol. The van der Waals surface area contributed by atoms with Crippen molar-refractivity contribution in [2.45, 2.75) is 270 Å². The Hall–Kier alpha value is -6.39. The highest BCUT2D eigenvalue weighted by atomic mass is 16.7. The van der Waals surface area contributed by atoms with E-state index in [1.165, 1.54) is 51.4 Å². The molecule has 2 unspecified atom stereocenters. The Morgan fingerprint density at radius 3 is 0.825 bits per heavy atom. The van der Waals surface area contributed by atoms with Crippen molar-refractivity contribution in [3.05, 3.63) is 219 Å². The Kier molecular flexibility index (Phi) is 70.4. The van der Waals surface area contributed by atoms with Gasteiger partial charge in [-0.25, -0.2) is 0 Å². The van der Waals surface area contributed by atoms with Crippen LogP contribution in [0.2, 0.25) is 0 Å². The summed E-state index contributed by atoms with van der Waals surface area (Å²) in [6.45, 7) is 4.46. The second-order valence-corrected chi connectivity index (χ2v) is 25.5. The van der Waals surface area contributed by atoms with Crippen LogP contribution in [0.15, 0.2) is 219 Å². The lowest BCUT2D eigenvalue weighted by Gasteiger charge is -2.26. The molecule has 0 N–H and O–H groups in total. The molecule has 0 rings (SSSR count). The highest BCUT2D eigenvalue weighted by Gasteiger charge is 2.22. The normalized spacial score (nSPS) is 13.9. The van der Waals surface area contributed by atoms with Gasteiger partial charge in [0.15, 0.2) is 12.4 Å². The number of carboxylic acid groups (broad SMARTS) is 1. The van der Waals surface area contributed by atoms with Gasteiger partial charge in [-0.2, -0.15) is 0 Å². The molecule has 0 amide bonds. The smallest absolute Gasteiger partial charge is 0.306 e. The molecule has 0 heterocycles. The number of hydrogen-bond donors (Lipinski definition) is 0. The lowest BCUT2D eigenvalue weighted by Crippen LogP contribution is -2.44. The molecule has 0 aliphatic heterocycles. The lowest BCUT2D eigenvalue weighted by molar-refractivity contribution is -0.870. The number of ether oxygens (including phenoxy) is 4. The fourth-order valence-corrected chi connectivity index (χ4v) is 9.52. The van der Waals surface area contributed by atoms with Crippen LogP contribution in [0.5, 0.6) is 0 Å². The standard InChI is InChI=1S/C88H137NO8/c1-6-8-10-12-14-16-18-20-22-24-26-28-30-32-34-36-38-40-42-43-45-46-48-50-52-54-56-58-60-62-64-66-68-70-72-74-76-78-85(90)95-82-84(83-96-88(87(92)93)94-81-80-89(3,4)5)97-86(91)79-77-75-73-71-69-67-65-63-61-59-57-55-53-51-49-47-44-41-39-37-35-33-31-29-27-25-23-21-19-17-15-13-11-9-7-2/h8-11,14-17,20-23,26-29,32-35,38-41,43,45,47-50,53,55,59,61,65,67,84,88H,6-7,12-13,18-19,24-25,30-31,36-37,42,44,46,51-52,54,56-58,60,62-64,66,68-83H2,1-5H3/b10-8-,11-9-,16-14-,17-15-,22-20-,23-21-,28-26-,29-27-,34-32-,35-33-,40-38-,41-39-,45-43-,49-47-,50-48-,55-53-,61-59-,67-65-. The third-order valence-corrected chi connectivity index (χ3v) is 15.2. The van der Waals surface area contributed by atoms with Crippen LogP contribution in [0.3, 0.4) is 0 Å². The van der Waals surface area contributed by atoms with Crippen molar-refractivity contribution < 1.29 is 42.9 Å². The molecule has 0 aliphatic rings. The molecular weight excluding hydrogens is 1200 g/mol. The average Bonchev–Trinajstić information content (AvgIpc) is 3.74. The van der Waals surface area contributed by atoms with E-state index in [4.69, 9.17) is 18.9 Å². The summed E-state index contributed by atoms with van der Waals surface area (Å²) in [6.07, 6.45) is 116. The minimum atomic E-state index is -1.65. The molecule has 0 aromatic carbocycles. The molecule has 97 heavy (non-hydrogen) atoms. The van der Waals surface area contributed by atoms with E-state index in [1.54, 1.807) is 0 Å². The van der Waals surface area contributed by atoms with Crippen LogP contribution in [0, 0.1) is 0 Å². The molecule has 0 aliphatic carbocycles. The molecule has 9 nitrogen and oxygen atoms in total. The van der Waals surface area contributed by atoms with E-state index in [0.717, 1.165) is 173 Å². The number of hydrogen-bond acceptors (Lipinski definition) is 8. The zero-order chi connectivity index (χ0) is 70.4. The number of carbonyl (C=O) groups is 3. The number of carboxylic acids is 1. The minimum absolute atomic E-state index is 0.130. The summed E-state index contributed by atoms with van der Waals surface area (Å²) in [4.78, 5) is 37.6. The number of likely N-dealkylation sites (N-methyl/N-ethyl adjacent to an activating group) is 1. The Morgan fingerprint density at radius 1 is 0.309 bits per heavy atom. The number of aliphatic carboxylic acids is 1. The summed E-state index contributed by atoms with van der Waals surface area (Å²) >= 11 is 0. The molecule has 0 spiro atoms. The van der Waals surface area contributed by atoms with Gasteiger partial charge >= 0.3 is 11.9 Å². The van der Waals surface area contributed by atoms with E-state index in [2.05, 4.69) is 233 Å². The van der Waals surface area contributed by atoms with E-state index < -0.39 is 24.3 Å². The van der Waals surface area contributed by atoms with Crippen LogP contribution in [0.1, 0.15) is 258 Å². The molecule has 9 heteroatoms. The summed E-state index contributed by atoms with van der Waals surface area (Å²) < 4.78 is 22.8. The van der Waals surface area contributed by atoms with Crippen LogP contribution in [-0.4, -0.2) is 82.3 Å². The van der Waals surface area contributed by atoms with Crippen LogP contribution in [0.4, 0.5) is 0 Å². The first-order valence-corrected chi connectivity index (χ1v) is 37.9. The van der Waals surface area contributed by atoms with Crippen molar-refractivity contribution in [2.24, 2.45) is 0 Å². The van der Waals surface area contributed by atoms with Gasteiger partial charge in [0, 0.05) is 12.8 Å². The van der Waals surface area contributed by atoms with Crippen LogP contribution >= 0.6 is 0 Å². The first-order chi connectivity index (χ1) is 47.6. The molecule has 0 bridgehead atoms. The molecule has 0 radical (unpaired) electrons. The third-order valence-electron chi connectivity index (χ3n) is 15.2. The topological polar surface area (TPSA) is 111 Å². The quantitative estimate of drug-likeness (QED) is 0.0195. The van der Waals surface area contributed by atoms with Crippen molar-refractivity contribution in [2.75, 3.05) is 47.5 Å². The van der Waals surface area contributed by atoms with Crippen molar-refractivity contribution in [3.8, 4) is 0 Å². The minimum Gasteiger partial charge on any atom is -0.545 e. The highest BCUT2D eigenvalue weighted by Crippen LogP contribution is 2.15. The summed E-state index contributed by atoms with van der Waals surface area (Å²) in [5.74, 6) is -2.34. The molecule has 542 valence electrons. The maximum Gasteiger partial charge on any atom is 0.306 e. The maximum atomic E-state index is 13.0. The van der Waals surface area contributed by atoms with Gasteiger partial charge in [0.1, 0.15) is 13.2 Å². The lowest BCUT2D eigenvalue weighted by atomic mass is 10.0. The number of carbonyl (C=O) groups excluding carboxylic acids is 3. The van der Waals surface area contributed by atoms with Crippen molar-refractivity contribution in [3.63, 3.8) is 0 Å². The van der Waals surface area contributed by atoms with E-state index in [1.807, 2.05) is 21.1 Å². The van der Waals surface area contributed by atoms with Crippen molar-refractivity contribution in [1.29, 1.82) is 0 Å². The van der Waals surface area contributed by atoms with Crippen LogP contribution in [-0.2, 0) is 33.3 Å². The zero-order valence-corrected chi connectivity index (χ0v) is 61.9. The molecular formula is C88H137NO8. The van der Waals surface area contributed by atoms with E-state index in [-0.39, 0.29) is 38.6 Å². The average molecular weight is 1340 g/mol. The molecule has 2 atom stereocenters. The second-order valence-electron chi connectivity index (χ2n) is 25.5. The van der Waals surface area contributed by atoms with E-state index in [0.29, 0.717) is 17.4 Å². The van der Waals surface area contributed by atoms with Gasteiger partial charge in [0.25, 0.3) is 0 Å². The Balaban J connectivity index is 4.22. The van der Waals surface area contributed by atoms with Crippen LogP contribution < -0.4 is 5.11 Å². The van der Waals surface area contributed by atoms with Gasteiger partial charge < -0.3 is 33.3 Å². The second kappa shape index (κ2) is 75.4. The largest absolute Gasteiger partial charge is 0.545 e. The summed E-state index contributed by atoms with van der Waals surface area (Å²) in [7, 11) is 5.91. The predicted octanol–water partition coefficient (Wildman–Crippen LogP) is 23.1.